The Balaban J connectivity index is 1.76. The molecule has 154 valence electrons. The Hall–Kier alpha value is -2.73. The van der Waals surface area contributed by atoms with Gasteiger partial charge in [0.15, 0.2) is 5.60 Å². The summed E-state index contributed by atoms with van der Waals surface area (Å²) in [7, 11) is 0. The highest BCUT2D eigenvalue weighted by atomic mass is 35.5. The van der Waals surface area contributed by atoms with Crippen LogP contribution in [0.1, 0.15) is 20.8 Å². The molecule has 1 saturated heterocycles. The van der Waals surface area contributed by atoms with Crippen molar-refractivity contribution in [1.29, 1.82) is 0 Å². The fourth-order valence-corrected chi connectivity index (χ4v) is 3.58. The first kappa shape index (κ1) is 21.0. The molecule has 1 fully saturated rings. The molecule has 1 aliphatic heterocycles. The molecule has 0 aliphatic carbocycles. The Bertz CT molecular complexity index is 878. The van der Waals surface area contributed by atoms with E-state index in [1.54, 1.807) is 32.9 Å². The molecule has 29 heavy (non-hydrogen) atoms. The topological polar surface area (TPSA) is 61.9 Å². The number of hydrogen-bond acceptors (Lipinski definition) is 4. The standard InChI is InChI=1S/C22H26ClN3O3/c1-16(27)25-12-14-26(15-13-25)20-18(23)10-7-11-19(20)24-21(28)22(2,3)29-17-8-5-4-6-9-17/h4-11H,12-15H2,1-3H3,(H,24,28). The summed E-state index contributed by atoms with van der Waals surface area (Å²) in [4.78, 5) is 28.5. The first-order valence-electron chi connectivity index (χ1n) is 9.62. The molecule has 0 atom stereocenters. The number of carbonyl (C=O) groups is 2. The van der Waals surface area contributed by atoms with Gasteiger partial charge in [0.2, 0.25) is 5.91 Å². The summed E-state index contributed by atoms with van der Waals surface area (Å²) in [6.07, 6.45) is 0. The van der Waals surface area contributed by atoms with Gasteiger partial charge in [0, 0.05) is 33.1 Å². The van der Waals surface area contributed by atoms with Gasteiger partial charge in [-0.3, -0.25) is 9.59 Å². The summed E-state index contributed by atoms with van der Waals surface area (Å²) in [5, 5.41) is 3.53. The van der Waals surface area contributed by atoms with Gasteiger partial charge in [-0.25, -0.2) is 0 Å². The Morgan fingerprint density at radius 2 is 1.66 bits per heavy atom. The van der Waals surface area contributed by atoms with Crippen molar-refractivity contribution >= 4 is 34.8 Å². The molecule has 0 unspecified atom stereocenters. The number of carbonyl (C=O) groups excluding carboxylic acids is 2. The van der Waals surface area contributed by atoms with Gasteiger partial charge >= 0.3 is 0 Å². The molecule has 0 aromatic heterocycles. The minimum Gasteiger partial charge on any atom is -0.478 e. The predicted molar refractivity (Wildman–Crippen MR) is 116 cm³/mol. The van der Waals surface area contributed by atoms with Gasteiger partial charge in [0.1, 0.15) is 5.75 Å². The molecule has 7 heteroatoms. The number of rotatable bonds is 5. The van der Waals surface area contributed by atoms with E-state index >= 15 is 0 Å². The third kappa shape index (κ3) is 5.01. The molecule has 2 aromatic carbocycles. The SMILES string of the molecule is CC(=O)N1CCN(c2c(Cl)cccc2NC(=O)C(C)(C)Oc2ccccc2)CC1. The Morgan fingerprint density at radius 1 is 1.00 bits per heavy atom. The zero-order valence-corrected chi connectivity index (χ0v) is 17.7. The highest BCUT2D eigenvalue weighted by Gasteiger charge is 2.31. The van der Waals surface area contributed by atoms with E-state index in [-0.39, 0.29) is 11.8 Å². The van der Waals surface area contributed by atoms with Gasteiger partial charge in [0.25, 0.3) is 5.91 Å². The largest absolute Gasteiger partial charge is 0.478 e. The lowest BCUT2D eigenvalue weighted by molar-refractivity contribution is -0.129. The van der Waals surface area contributed by atoms with Gasteiger partial charge in [-0.05, 0) is 38.1 Å². The lowest BCUT2D eigenvalue weighted by Gasteiger charge is -2.37. The number of para-hydroxylation sites is 2. The van der Waals surface area contributed by atoms with Crippen molar-refractivity contribution < 1.29 is 14.3 Å². The number of amides is 2. The maximum absolute atomic E-state index is 13.0. The molecule has 2 aromatic rings. The fourth-order valence-electron chi connectivity index (χ4n) is 3.28. The molecule has 0 saturated carbocycles. The van der Waals surface area contributed by atoms with Crippen LogP contribution in [0.15, 0.2) is 48.5 Å². The molecule has 3 rings (SSSR count). The van der Waals surface area contributed by atoms with E-state index in [0.717, 1.165) is 5.69 Å². The maximum Gasteiger partial charge on any atom is 0.268 e. The van der Waals surface area contributed by atoms with Crippen molar-refractivity contribution in [2.24, 2.45) is 0 Å². The molecule has 6 nitrogen and oxygen atoms in total. The molecule has 1 aliphatic rings. The Kier molecular flexibility index (Phi) is 6.33. The molecule has 0 spiro atoms. The molecule has 1 heterocycles. The van der Waals surface area contributed by atoms with Crippen LogP contribution in [0.2, 0.25) is 5.02 Å². The van der Waals surface area contributed by atoms with E-state index < -0.39 is 5.60 Å². The summed E-state index contributed by atoms with van der Waals surface area (Å²) < 4.78 is 5.89. The van der Waals surface area contributed by atoms with Crippen LogP contribution in [0.4, 0.5) is 11.4 Å². The van der Waals surface area contributed by atoms with Crippen molar-refractivity contribution in [2.45, 2.75) is 26.4 Å². The van der Waals surface area contributed by atoms with Crippen LogP contribution < -0.4 is 15.0 Å². The molecule has 2 amide bonds. The average molecular weight is 416 g/mol. The second kappa shape index (κ2) is 8.74. The smallest absolute Gasteiger partial charge is 0.268 e. The molecule has 0 bridgehead atoms. The second-order valence-corrected chi connectivity index (χ2v) is 7.92. The minimum atomic E-state index is -1.08. The molecular weight excluding hydrogens is 390 g/mol. The summed E-state index contributed by atoms with van der Waals surface area (Å²) in [6, 6.07) is 14.7. The maximum atomic E-state index is 13.0. The van der Waals surface area contributed by atoms with Gasteiger partial charge in [-0.15, -0.1) is 0 Å². The van der Waals surface area contributed by atoms with E-state index in [2.05, 4.69) is 10.2 Å². The van der Waals surface area contributed by atoms with E-state index in [4.69, 9.17) is 16.3 Å². The number of anilines is 2. The van der Waals surface area contributed by atoms with Gasteiger partial charge in [-0.2, -0.15) is 0 Å². The summed E-state index contributed by atoms with van der Waals surface area (Å²) in [5.41, 5.74) is 0.318. The normalized spacial score (nSPS) is 14.5. The Labute approximate surface area is 176 Å². The van der Waals surface area contributed by atoms with Gasteiger partial charge < -0.3 is 19.9 Å². The van der Waals surface area contributed by atoms with Crippen molar-refractivity contribution in [3.8, 4) is 5.75 Å². The van der Waals surface area contributed by atoms with Crippen LogP contribution >= 0.6 is 11.6 Å². The first-order valence-corrected chi connectivity index (χ1v) is 10.0. The minimum absolute atomic E-state index is 0.0668. The van der Waals surface area contributed by atoms with Crippen LogP contribution in [0.25, 0.3) is 0 Å². The lowest BCUT2D eigenvalue weighted by atomic mass is 10.1. The van der Waals surface area contributed by atoms with Crippen molar-refractivity contribution in [1.82, 2.24) is 4.90 Å². The van der Waals surface area contributed by atoms with Gasteiger partial charge in [-0.1, -0.05) is 35.9 Å². The van der Waals surface area contributed by atoms with E-state index in [0.29, 0.717) is 42.6 Å². The van der Waals surface area contributed by atoms with Crippen LogP contribution in [-0.4, -0.2) is 48.5 Å². The highest BCUT2D eigenvalue weighted by molar-refractivity contribution is 6.34. The lowest BCUT2D eigenvalue weighted by Crippen LogP contribution is -2.48. The number of benzene rings is 2. The zero-order chi connectivity index (χ0) is 21.0. The van der Waals surface area contributed by atoms with E-state index in [1.807, 2.05) is 41.3 Å². The monoisotopic (exact) mass is 415 g/mol. The number of ether oxygens (including phenoxy) is 1. The third-order valence-corrected chi connectivity index (χ3v) is 5.24. The zero-order valence-electron chi connectivity index (χ0n) is 16.9. The van der Waals surface area contributed by atoms with Crippen LogP contribution in [-0.2, 0) is 9.59 Å². The van der Waals surface area contributed by atoms with Crippen molar-refractivity contribution in [3.63, 3.8) is 0 Å². The fraction of sp³-hybridized carbons (Fsp3) is 0.364. The number of nitrogens with one attached hydrogen (secondary N) is 1. The highest BCUT2D eigenvalue weighted by Crippen LogP contribution is 2.35. The average Bonchev–Trinajstić information content (AvgIpc) is 2.68. The number of piperazine rings is 1. The Morgan fingerprint density at radius 3 is 2.28 bits per heavy atom. The van der Waals surface area contributed by atoms with Crippen molar-refractivity contribution in [3.05, 3.63) is 53.6 Å². The van der Waals surface area contributed by atoms with Crippen molar-refractivity contribution in [2.75, 3.05) is 36.4 Å². The predicted octanol–water partition coefficient (Wildman–Crippen LogP) is 3.80. The molecule has 0 radical (unpaired) electrons. The molecule has 1 N–H and O–H groups in total. The first-order chi connectivity index (χ1) is 13.8. The third-order valence-electron chi connectivity index (χ3n) is 4.94. The number of halogens is 1. The summed E-state index contributed by atoms with van der Waals surface area (Å²) in [5.74, 6) is 0.420. The summed E-state index contributed by atoms with van der Waals surface area (Å²) >= 11 is 6.48. The summed E-state index contributed by atoms with van der Waals surface area (Å²) in [6.45, 7) is 7.57. The van der Waals surface area contributed by atoms with Crippen LogP contribution in [0, 0.1) is 0 Å². The quantitative estimate of drug-likeness (QED) is 0.806. The number of nitrogens with zero attached hydrogens (tertiary/aromatic N) is 2. The van der Waals surface area contributed by atoms with Gasteiger partial charge in [0.05, 0.1) is 16.4 Å². The number of hydrogen-bond donors (Lipinski definition) is 1. The van der Waals surface area contributed by atoms with E-state index in [9.17, 15) is 9.59 Å². The van der Waals surface area contributed by atoms with Crippen LogP contribution in [0.3, 0.4) is 0 Å². The molecular formula is C22H26ClN3O3. The second-order valence-electron chi connectivity index (χ2n) is 7.51. The van der Waals surface area contributed by atoms with Crippen LogP contribution in [0.5, 0.6) is 5.75 Å². The van der Waals surface area contributed by atoms with E-state index in [1.165, 1.54) is 0 Å².